The molecule has 1 aromatic rings. The largest absolute Gasteiger partial charge is 0.369 e. The summed E-state index contributed by atoms with van der Waals surface area (Å²) in [7, 11) is 2.16. The van der Waals surface area contributed by atoms with Gasteiger partial charge in [-0.3, -0.25) is 14.7 Å². The van der Waals surface area contributed by atoms with Crippen molar-refractivity contribution in [3.8, 4) is 0 Å². The molecule has 21 heavy (non-hydrogen) atoms. The Hall–Kier alpha value is -1.73. The second-order valence-electron chi connectivity index (χ2n) is 5.56. The van der Waals surface area contributed by atoms with E-state index in [0.717, 1.165) is 39.1 Å². The summed E-state index contributed by atoms with van der Waals surface area (Å²) in [6.07, 6.45) is 4.00. The van der Waals surface area contributed by atoms with Crippen molar-refractivity contribution >= 4 is 11.7 Å². The highest BCUT2D eigenvalue weighted by Gasteiger charge is 2.18. The zero-order valence-corrected chi connectivity index (χ0v) is 12.7. The van der Waals surface area contributed by atoms with Gasteiger partial charge in [0.15, 0.2) is 0 Å². The van der Waals surface area contributed by atoms with Crippen LogP contribution in [-0.2, 0) is 0 Å². The van der Waals surface area contributed by atoms with Crippen molar-refractivity contribution in [3.63, 3.8) is 0 Å². The summed E-state index contributed by atoms with van der Waals surface area (Å²) in [6, 6.07) is 0.526. The molecule has 1 atom stereocenters. The first-order valence-corrected chi connectivity index (χ1v) is 7.34. The second-order valence-corrected chi connectivity index (χ2v) is 5.56. The Morgan fingerprint density at radius 1 is 1.38 bits per heavy atom. The number of nitrogens with zero attached hydrogens (tertiary/aromatic N) is 4. The number of likely N-dealkylation sites (N-methyl/N-ethyl adjacent to an activating group) is 1. The van der Waals surface area contributed by atoms with Crippen LogP contribution in [0.5, 0.6) is 0 Å². The predicted molar refractivity (Wildman–Crippen MR) is 82.2 cm³/mol. The van der Waals surface area contributed by atoms with Crippen molar-refractivity contribution in [2.75, 3.05) is 45.1 Å². The predicted octanol–water partition coefficient (Wildman–Crippen LogP) is 0.0134. The number of piperazine rings is 1. The van der Waals surface area contributed by atoms with E-state index >= 15 is 0 Å². The maximum absolute atomic E-state index is 11.0. The zero-order valence-electron chi connectivity index (χ0n) is 12.7. The Labute approximate surface area is 125 Å². The van der Waals surface area contributed by atoms with Crippen LogP contribution >= 0.6 is 0 Å². The van der Waals surface area contributed by atoms with Crippen molar-refractivity contribution in [1.82, 2.24) is 19.8 Å². The van der Waals surface area contributed by atoms with E-state index in [1.807, 2.05) is 0 Å². The third-order valence-corrected chi connectivity index (χ3v) is 3.92. The molecule has 3 N–H and O–H groups in total. The normalized spacial score (nSPS) is 18.4. The Bertz CT molecular complexity index is 472. The quantitative estimate of drug-likeness (QED) is 0.768. The van der Waals surface area contributed by atoms with Gasteiger partial charge in [-0.2, -0.15) is 0 Å². The summed E-state index contributed by atoms with van der Waals surface area (Å²) in [5.41, 5.74) is 5.38. The highest BCUT2D eigenvalue weighted by Crippen LogP contribution is 2.09. The molecular weight excluding hydrogens is 268 g/mol. The van der Waals surface area contributed by atoms with E-state index in [-0.39, 0.29) is 5.69 Å². The summed E-state index contributed by atoms with van der Waals surface area (Å²) >= 11 is 0. The topological polar surface area (TPSA) is 87.4 Å². The van der Waals surface area contributed by atoms with E-state index in [0.29, 0.717) is 11.9 Å². The molecule has 1 fully saturated rings. The average Bonchev–Trinajstić information content (AvgIpc) is 2.48. The fourth-order valence-electron chi connectivity index (χ4n) is 2.42. The van der Waals surface area contributed by atoms with Crippen LogP contribution in [0.1, 0.15) is 23.8 Å². The number of rotatable bonds is 6. The minimum absolute atomic E-state index is 0.187. The third-order valence-electron chi connectivity index (χ3n) is 3.92. The van der Waals surface area contributed by atoms with Gasteiger partial charge in [0, 0.05) is 38.8 Å². The summed E-state index contributed by atoms with van der Waals surface area (Å²) in [4.78, 5) is 24.0. The molecule has 1 aliphatic rings. The van der Waals surface area contributed by atoms with Crippen molar-refractivity contribution in [2.24, 2.45) is 5.73 Å². The second kappa shape index (κ2) is 7.33. The Morgan fingerprint density at radius 2 is 2.10 bits per heavy atom. The fraction of sp³-hybridized carbons (Fsp3) is 0.643. The van der Waals surface area contributed by atoms with Crippen molar-refractivity contribution in [3.05, 3.63) is 18.1 Å². The van der Waals surface area contributed by atoms with Crippen LogP contribution < -0.4 is 11.1 Å². The molecule has 1 saturated heterocycles. The first-order valence-electron chi connectivity index (χ1n) is 7.34. The molecule has 1 aromatic heterocycles. The van der Waals surface area contributed by atoms with Gasteiger partial charge in [-0.15, -0.1) is 0 Å². The lowest BCUT2D eigenvalue weighted by molar-refractivity contribution is 0.0995. The summed E-state index contributed by atoms with van der Waals surface area (Å²) in [5.74, 6) is 0.0360. The minimum Gasteiger partial charge on any atom is -0.369 e. The third kappa shape index (κ3) is 4.64. The number of carbonyl (C=O) groups excluding carboxylic acids is 1. The van der Waals surface area contributed by atoms with E-state index in [9.17, 15) is 4.79 Å². The van der Waals surface area contributed by atoms with Gasteiger partial charge in [0.25, 0.3) is 5.91 Å². The molecule has 7 heteroatoms. The molecule has 0 bridgehead atoms. The number of anilines is 1. The van der Waals surface area contributed by atoms with Crippen LogP contribution in [0.4, 0.5) is 5.82 Å². The van der Waals surface area contributed by atoms with Crippen molar-refractivity contribution in [2.45, 2.75) is 19.4 Å². The van der Waals surface area contributed by atoms with Gasteiger partial charge in [0.1, 0.15) is 11.5 Å². The molecule has 0 radical (unpaired) electrons. The smallest absolute Gasteiger partial charge is 0.268 e. The van der Waals surface area contributed by atoms with E-state index in [2.05, 4.69) is 39.1 Å². The number of nitrogens with two attached hydrogens (primary N) is 1. The molecule has 0 aromatic carbocycles. The van der Waals surface area contributed by atoms with E-state index < -0.39 is 5.91 Å². The molecule has 2 rings (SSSR count). The van der Waals surface area contributed by atoms with E-state index in [1.54, 1.807) is 6.20 Å². The highest BCUT2D eigenvalue weighted by atomic mass is 16.1. The standard InChI is InChI=1S/C14H24N6O/c1-11(20-7-5-19(2)6-8-20)3-4-17-13-10-16-9-12(18-13)14(15)21/h9-11H,3-8H2,1-2H3,(H2,15,21)(H,17,18)/t11-/m1/s1. The van der Waals surface area contributed by atoms with Gasteiger partial charge >= 0.3 is 0 Å². The van der Waals surface area contributed by atoms with Crippen molar-refractivity contribution < 1.29 is 4.79 Å². The monoisotopic (exact) mass is 292 g/mol. The number of hydrogen-bond acceptors (Lipinski definition) is 6. The van der Waals surface area contributed by atoms with Crippen LogP contribution in [-0.4, -0.2) is 71.5 Å². The van der Waals surface area contributed by atoms with Crippen LogP contribution in [0.3, 0.4) is 0 Å². The molecule has 116 valence electrons. The maximum atomic E-state index is 11.0. The maximum Gasteiger partial charge on any atom is 0.268 e. The summed E-state index contributed by atoms with van der Waals surface area (Å²) < 4.78 is 0. The van der Waals surface area contributed by atoms with Gasteiger partial charge in [-0.05, 0) is 20.4 Å². The number of amides is 1. The van der Waals surface area contributed by atoms with Gasteiger partial charge in [-0.25, -0.2) is 4.98 Å². The minimum atomic E-state index is -0.558. The molecule has 1 aliphatic heterocycles. The summed E-state index contributed by atoms with van der Waals surface area (Å²) in [5, 5.41) is 3.20. The molecule has 7 nitrogen and oxygen atoms in total. The molecule has 0 spiro atoms. The van der Waals surface area contributed by atoms with Crippen molar-refractivity contribution in [1.29, 1.82) is 0 Å². The zero-order chi connectivity index (χ0) is 15.2. The number of aromatic nitrogens is 2. The lowest BCUT2D eigenvalue weighted by Gasteiger charge is -2.36. The number of hydrogen-bond donors (Lipinski definition) is 2. The number of primary amides is 1. The lowest BCUT2D eigenvalue weighted by Crippen LogP contribution is -2.48. The van der Waals surface area contributed by atoms with Crippen LogP contribution in [0.2, 0.25) is 0 Å². The molecular formula is C14H24N6O. The lowest BCUT2D eigenvalue weighted by atomic mass is 10.1. The van der Waals surface area contributed by atoms with Gasteiger partial charge in [0.2, 0.25) is 0 Å². The Kier molecular flexibility index (Phi) is 5.46. The first kappa shape index (κ1) is 15.7. The van der Waals surface area contributed by atoms with Crippen LogP contribution in [0.15, 0.2) is 12.4 Å². The first-order chi connectivity index (χ1) is 10.1. The van der Waals surface area contributed by atoms with Gasteiger partial charge in [0.05, 0.1) is 12.4 Å². The van der Waals surface area contributed by atoms with Gasteiger partial charge < -0.3 is 16.0 Å². The SMILES string of the molecule is C[C@H](CCNc1cncc(C(N)=O)n1)N1CCN(C)CC1. The van der Waals surface area contributed by atoms with E-state index in [4.69, 9.17) is 5.73 Å². The number of carbonyl (C=O) groups is 1. The number of nitrogens with one attached hydrogen (secondary N) is 1. The van der Waals surface area contributed by atoms with Gasteiger partial charge in [-0.1, -0.05) is 0 Å². The van der Waals surface area contributed by atoms with Crippen LogP contribution in [0, 0.1) is 0 Å². The fourth-order valence-corrected chi connectivity index (χ4v) is 2.42. The van der Waals surface area contributed by atoms with E-state index in [1.165, 1.54) is 6.20 Å². The Morgan fingerprint density at radius 3 is 2.76 bits per heavy atom. The molecule has 0 unspecified atom stereocenters. The summed E-state index contributed by atoms with van der Waals surface area (Å²) in [6.45, 7) is 7.54. The highest BCUT2D eigenvalue weighted by molar-refractivity contribution is 5.90. The molecule has 2 heterocycles. The molecule has 0 aliphatic carbocycles. The van der Waals surface area contributed by atoms with Crippen LogP contribution in [0.25, 0.3) is 0 Å². The molecule has 1 amide bonds. The average molecular weight is 292 g/mol. The molecule has 0 saturated carbocycles. The Balaban J connectivity index is 1.76.